The molecule has 0 amide bonds. The summed E-state index contributed by atoms with van der Waals surface area (Å²) in [5.41, 5.74) is 6.54. The Balaban J connectivity index is 1.93. The summed E-state index contributed by atoms with van der Waals surface area (Å²) in [5.74, 6) is 1.56. The SMILES string of the molecule is C=CC1(C)c2cccc3c2N2C(=NSC2C1C)c1ccccc1-3. The average molecular weight is 318 g/mol. The molecule has 3 aliphatic heterocycles. The zero-order valence-corrected chi connectivity index (χ0v) is 14.1. The van der Waals surface area contributed by atoms with Crippen LogP contribution in [0.3, 0.4) is 0 Å². The molecule has 0 bridgehead atoms. The van der Waals surface area contributed by atoms with E-state index >= 15 is 0 Å². The molecular formula is C20H18N2S. The first-order valence-corrected chi connectivity index (χ1v) is 8.90. The van der Waals surface area contributed by atoms with E-state index in [0.717, 1.165) is 5.84 Å². The van der Waals surface area contributed by atoms with Crippen LogP contribution in [0.5, 0.6) is 0 Å². The molecule has 5 rings (SSSR count). The number of hydrogen-bond acceptors (Lipinski definition) is 3. The number of allylic oxidation sites excluding steroid dienone is 1. The van der Waals surface area contributed by atoms with Gasteiger partial charge in [-0.05, 0) is 11.1 Å². The third kappa shape index (κ3) is 1.44. The van der Waals surface area contributed by atoms with Crippen LogP contribution in [0.2, 0.25) is 0 Å². The van der Waals surface area contributed by atoms with E-state index in [1.54, 1.807) is 11.9 Å². The predicted octanol–water partition coefficient (Wildman–Crippen LogP) is 5.00. The zero-order valence-electron chi connectivity index (χ0n) is 13.3. The molecule has 3 heterocycles. The molecule has 2 aromatic rings. The summed E-state index contributed by atoms with van der Waals surface area (Å²) < 4.78 is 4.86. The number of fused-ring (bicyclic) bond motifs is 3. The van der Waals surface area contributed by atoms with Crippen molar-refractivity contribution in [1.82, 2.24) is 0 Å². The Morgan fingerprint density at radius 1 is 1.13 bits per heavy atom. The molecule has 3 unspecified atom stereocenters. The summed E-state index contributed by atoms with van der Waals surface area (Å²) in [4.78, 5) is 2.47. The lowest BCUT2D eigenvalue weighted by Gasteiger charge is -2.49. The number of amidine groups is 1. The monoisotopic (exact) mass is 318 g/mol. The smallest absolute Gasteiger partial charge is 0.150 e. The summed E-state index contributed by atoms with van der Waals surface area (Å²) in [7, 11) is 0. The average Bonchev–Trinajstić information content (AvgIpc) is 3.05. The van der Waals surface area contributed by atoms with Crippen LogP contribution in [-0.4, -0.2) is 11.2 Å². The molecular weight excluding hydrogens is 300 g/mol. The molecule has 2 aromatic carbocycles. The number of nitrogens with zero attached hydrogens (tertiary/aromatic N) is 2. The lowest BCUT2D eigenvalue weighted by atomic mass is 9.67. The van der Waals surface area contributed by atoms with Gasteiger partial charge in [0.1, 0.15) is 11.2 Å². The minimum Gasteiger partial charge on any atom is -0.310 e. The Morgan fingerprint density at radius 3 is 2.65 bits per heavy atom. The molecule has 0 N–H and O–H groups in total. The molecule has 3 heteroatoms. The van der Waals surface area contributed by atoms with E-state index in [0.29, 0.717) is 11.3 Å². The number of hydrogen-bond donors (Lipinski definition) is 0. The van der Waals surface area contributed by atoms with Crippen LogP contribution in [0.25, 0.3) is 11.1 Å². The van der Waals surface area contributed by atoms with Crippen LogP contribution in [0.15, 0.2) is 59.5 Å². The van der Waals surface area contributed by atoms with Crippen molar-refractivity contribution in [2.24, 2.45) is 10.3 Å². The van der Waals surface area contributed by atoms with Crippen LogP contribution in [0, 0.1) is 5.92 Å². The lowest BCUT2D eigenvalue weighted by molar-refractivity contribution is 0.364. The van der Waals surface area contributed by atoms with Crippen LogP contribution in [-0.2, 0) is 5.41 Å². The van der Waals surface area contributed by atoms with Gasteiger partial charge in [0.2, 0.25) is 0 Å². The van der Waals surface area contributed by atoms with Gasteiger partial charge in [0.05, 0.1) is 5.69 Å². The van der Waals surface area contributed by atoms with E-state index in [2.05, 4.69) is 73.9 Å². The lowest BCUT2D eigenvalue weighted by Crippen LogP contribution is -2.51. The molecule has 0 fully saturated rings. The van der Waals surface area contributed by atoms with Crippen LogP contribution in [0.4, 0.5) is 5.69 Å². The quantitative estimate of drug-likeness (QED) is 0.543. The van der Waals surface area contributed by atoms with Crippen molar-refractivity contribution in [3.63, 3.8) is 0 Å². The molecule has 0 aromatic heterocycles. The minimum atomic E-state index is -0.0310. The fraction of sp³-hybridized carbons (Fsp3) is 0.250. The largest absolute Gasteiger partial charge is 0.310 e. The van der Waals surface area contributed by atoms with Gasteiger partial charge in [-0.25, -0.2) is 0 Å². The maximum Gasteiger partial charge on any atom is 0.150 e. The molecule has 114 valence electrons. The number of rotatable bonds is 1. The van der Waals surface area contributed by atoms with Gasteiger partial charge < -0.3 is 4.90 Å². The first kappa shape index (κ1) is 13.4. The fourth-order valence-corrected chi connectivity index (χ4v) is 5.41. The first-order valence-electron chi connectivity index (χ1n) is 8.06. The van der Waals surface area contributed by atoms with Crippen molar-refractivity contribution in [2.75, 3.05) is 4.90 Å². The second-order valence-electron chi connectivity index (χ2n) is 6.80. The van der Waals surface area contributed by atoms with Gasteiger partial charge in [0.25, 0.3) is 0 Å². The van der Waals surface area contributed by atoms with Gasteiger partial charge in [0, 0.05) is 34.4 Å². The Kier molecular flexibility index (Phi) is 2.51. The van der Waals surface area contributed by atoms with E-state index in [1.165, 1.54) is 27.9 Å². The molecule has 0 saturated carbocycles. The Bertz CT molecular complexity index is 885. The highest BCUT2D eigenvalue weighted by Crippen LogP contribution is 2.57. The molecule has 0 aliphatic carbocycles. The Hall–Kier alpha value is -2.00. The van der Waals surface area contributed by atoms with Gasteiger partial charge in [-0.3, -0.25) is 0 Å². The number of benzene rings is 2. The number of para-hydroxylation sites is 1. The van der Waals surface area contributed by atoms with Crippen molar-refractivity contribution in [2.45, 2.75) is 24.6 Å². The van der Waals surface area contributed by atoms with Gasteiger partial charge in [-0.15, -0.1) is 6.58 Å². The standard InChI is InChI=1S/C20H18N2S/c1-4-20(3)12(2)19-22-17-14(10-7-11-16(17)20)13-8-5-6-9-15(13)18(22)21-23-19/h4-12,19H,1H2,2-3H3. The van der Waals surface area contributed by atoms with Crippen LogP contribution >= 0.6 is 11.9 Å². The van der Waals surface area contributed by atoms with Crippen LogP contribution < -0.4 is 4.90 Å². The molecule has 3 aliphatic rings. The molecule has 3 atom stereocenters. The summed E-state index contributed by atoms with van der Waals surface area (Å²) in [5, 5.41) is 0.343. The summed E-state index contributed by atoms with van der Waals surface area (Å²) in [6, 6.07) is 15.3. The first-order chi connectivity index (χ1) is 11.2. The Morgan fingerprint density at radius 2 is 1.87 bits per heavy atom. The maximum atomic E-state index is 4.86. The molecule has 0 radical (unpaired) electrons. The van der Waals surface area contributed by atoms with E-state index in [-0.39, 0.29) is 5.41 Å². The highest BCUT2D eigenvalue weighted by atomic mass is 32.2. The highest BCUT2D eigenvalue weighted by Gasteiger charge is 2.51. The van der Waals surface area contributed by atoms with Crippen molar-refractivity contribution >= 4 is 23.5 Å². The van der Waals surface area contributed by atoms with E-state index < -0.39 is 0 Å². The second kappa shape index (κ2) is 4.30. The summed E-state index contributed by atoms with van der Waals surface area (Å²) in [6.07, 6.45) is 2.13. The van der Waals surface area contributed by atoms with E-state index in [4.69, 9.17) is 4.40 Å². The number of anilines is 1. The normalized spacial score (nSPS) is 29.7. The van der Waals surface area contributed by atoms with Crippen molar-refractivity contribution < 1.29 is 0 Å². The molecule has 23 heavy (non-hydrogen) atoms. The Labute approximate surface area is 141 Å². The van der Waals surface area contributed by atoms with Gasteiger partial charge in [-0.2, -0.15) is 4.40 Å². The topological polar surface area (TPSA) is 15.6 Å². The third-order valence-electron chi connectivity index (χ3n) is 5.84. The molecule has 0 spiro atoms. The van der Waals surface area contributed by atoms with E-state index in [1.807, 2.05) is 0 Å². The van der Waals surface area contributed by atoms with Gasteiger partial charge in [-0.1, -0.05) is 62.4 Å². The van der Waals surface area contributed by atoms with E-state index in [9.17, 15) is 0 Å². The van der Waals surface area contributed by atoms with Gasteiger partial charge >= 0.3 is 0 Å². The second-order valence-corrected chi connectivity index (χ2v) is 7.68. The predicted molar refractivity (Wildman–Crippen MR) is 99.0 cm³/mol. The highest BCUT2D eigenvalue weighted by molar-refractivity contribution is 7.99. The fourth-order valence-electron chi connectivity index (χ4n) is 4.25. The zero-order chi connectivity index (χ0) is 15.8. The minimum absolute atomic E-state index is 0.0310. The molecule has 2 nitrogen and oxygen atoms in total. The van der Waals surface area contributed by atoms with Crippen molar-refractivity contribution in [3.05, 3.63) is 66.2 Å². The maximum absolute atomic E-state index is 4.86. The van der Waals surface area contributed by atoms with Crippen LogP contribution in [0.1, 0.15) is 25.0 Å². The van der Waals surface area contributed by atoms with Crippen molar-refractivity contribution in [3.8, 4) is 11.1 Å². The summed E-state index contributed by atoms with van der Waals surface area (Å²) >= 11 is 1.71. The van der Waals surface area contributed by atoms with Crippen molar-refractivity contribution in [1.29, 1.82) is 0 Å². The molecule has 0 saturated heterocycles. The van der Waals surface area contributed by atoms with Gasteiger partial charge in [0.15, 0.2) is 0 Å². The third-order valence-corrected chi connectivity index (χ3v) is 6.96. The summed E-state index contributed by atoms with van der Waals surface area (Å²) in [6.45, 7) is 8.81.